The summed E-state index contributed by atoms with van der Waals surface area (Å²) in [6.45, 7) is 0. The smallest absolute Gasteiger partial charge is 0.0979 e. The van der Waals surface area contributed by atoms with Crippen molar-refractivity contribution < 1.29 is 0 Å². The summed E-state index contributed by atoms with van der Waals surface area (Å²) in [6, 6.07) is 52.7. The highest BCUT2D eigenvalue weighted by atomic mass is 32.1. The third kappa shape index (κ3) is 5.94. The first-order chi connectivity index (χ1) is 30.7. The summed E-state index contributed by atoms with van der Waals surface area (Å²) in [4.78, 5) is 10.4. The van der Waals surface area contributed by atoms with Crippen molar-refractivity contribution in [3.05, 3.63) is 157 Å². The summed E-state index contributed by atoms with van der Waals surface area (Å²) in [6.07, 6.45) is 15.4. The molecule has 0 spiro atoms. The Morgan fingerprint density at radius 2 is 0.968 bits per heavy atom. The van der Waals surface area contributed by atoms with Crippen LogP contribution in [0.4, 0.5) is 0 Å². The molecule has 0 radical (unpaired) electrons. The largest absolute Gasteiger partial charge is 0.252 e. The van der Waals surface area contributed by atoms with Crippen LogP contribution in [0.25, 0.3) is 106 Å². The van der Waals surface area contributed by atoms with Crippen molar-refractivity contribution in [2.45, 2.75) is 76.0 Å². The van der Waals surface area contributed by atoms with Crippen molar-refractivity contribution in [3.63, 3.8) is 0 Å². The predicted octanol–water partition coefficient (Wildman–Crippen LogP) is 17.8. The minimum atomic E-state index is 0.634. The van der Waals surface area contributed by atoms with Crippen molar-refractivity contribution in [1.29, 1.82) is 0 Å². The van der Waals surface area contributed by atoms with Gasteiger partial charge in [-0.15, -0.1) is 22.7 Å². The van der Waals surface area contributed by atoms with Gasteiger partial charge in [0.1, 0.15) is 0 Å². The molecule has 62 heavy (non-hydrogen) atoms. The maximum absolute atomic E-state index is 5.35. The number of hydrogen-bond donors (Lipinski definition) is 0. The highest BCUT2D eigenvalue weighted by Gasteiger charge is 2.23. The Hall–Kier alpha value is -5.94. The van der Waals surface area contributed by atoms with Gasteiger partial charge in [-0.3, -0.25) is 4.98 Å². The Bertz CT molecular complexity index is 3530. The summed E-state index contributed by atoms with van der Waals surface area (Å²) >= 11 is 3.97. The number of hydrogen-bond acceptors (Lipinski definition) is 4. The van der Waals surface area contributed by atoms with Crippen LogP contribution in [-0.2, 0) is 0 Å². The van der Waals surface area contributed by atoms with E-state index in [9.17, 15) is 0 Å². The van der Waals surface area contributed by atoms with E-state index < -0.39 is 0 Å². The van der Waals surface area contributed by atoms with Gasteiger partial charge >= 0.3 is 0 Å². The van der Waals surface area contributed by atoms with E-state index >= 15 is 0 Å². The van der Waals surface area contributed by atoms with Gasteiger partial charge in [-0.1, -0.05) is 148 Å². The Kier molecular flexibility index (Phi) is 8.79. The lowest BCUT2D eigenvalue weighted by Crippen LogP contribution is -2.04. The fraction of sp³-hybridized carbons (Fsp3) is 0.207. The van der Waals surface area contributed by atoms with Gasteiger partial charge in [0.05, 0.1) is 22.9 Å². The SMILES string of the molecule is c1cc(-c2cnc3c4ccccc4c4ccccc4c3n2)cc(-c2cccc3c2sc2c(-c4cc(C5CCCCC5)cc5c4sc4ccc(C6CCCCC6)cc45)cccc23)c1. The zero-order chi connectivity index (χ0) is 40.7. The van der Waals surface area contributed by atoms with Crippen LogP contribution in [0.5, 0.6) is 0 Å². The molecule has 2 nitrogen and oxygen atoms in total. The van der Waals surface area contributed by atoms with Crippen LogP contribution in [0.1, 0.15) is 87.2 Å². The van der Waals surface area contributed by atoms with E-state index in [4.69, 9.17) is 9.97 Å². The number of fused-ring (bicyclic) bond motifs is 12. The number of rotatable bonds is 5. The van der Waals surface area contributed by atoms with Crippen molar-refractivity contribution in [2.75, 3.05) is 0 Å². The van der Waals surface area contributed by atoms with E-state index in [-0.39, 0.29) is 0 Å². The molecule has 0 atom stereocenters. The lowest BCUT2D eigenvalue weighted by atomic mass is 9.82. The Morgan fingerprint density at radius 1 is 0.387 bits per heavy atom. The molecule has 0 unspecified atom stereocenters. The molecular weight excluding hydrogens is 789 g/mol. The zero-order valence-corrected chi connectivity index (χ0v) is 36.4. The molecule has 3 aromatic heterocycles. The van der Waals surface area contributed by atoms with Crippen LogP contribution in [0.3, 0.4) is 0 Å². The predicted molar refractivity (Wildman–Crippen MR) is 268 cm³/mol. The van der Waals surface area contributed by atoms with Crippen LogP contribution >= 0.6 is 22.7 Å². The molecule has 0 bridgehead atoms. The first-order valence-corrected chi connectivity index (χ1v) is 24.5. The molecule has 2 saturated carbocycles. The third-order valence-corrected chi connectivity index (χ3v) is 17.0. The summed E-state index contributed by atoms with van der Waals surface area (Å²) in [7, 11) is 0. The molecule has 2 aliphatic carbocycles. The molecule has 13 rings (SSSR count). The molecule has 0 amide bonds. The van der Waals surface area contributed by atoms with Gasteiger partial charge in [-0.25, -0.2) is 4.98 Å². The van der Waals surface area contributed by atoms with Gasteiger partial charge in [0.25, 0.3) is 0 Å². The second-order valence-electron chi connectivity index (χ2n) is 18.1. The minimum Gasteiger partial charge on any atom is -0.252 e. The molecule has 300 valence electrons. The Balaban J connectivity index is 0.961. The van der Waals surface area contributed by atoms with Gasteiger partial charge in [0, 0.05) is 67.8 Å². The van der Waals surface area contributed by atoms with E-state index in [0.717, 1.165) is 33.1 Å². The lowest BCUT2D eigenvalue weighted by Gasteiger charge is -2.23. The van der Waals surface area contributed by atoms with Gasteiger partial charge in [0.2, 0.25) is 0 Å². The molecule has 4 heteroatoms. The maximum atomic E-state index is 5.35. The van der Waals surface area contributed by atoms with Gasteiger partial charge in [-0.2, -0.15) is 0 Å². The molecule has 2 fully saturated rings. The molecule has 11 aromatic rings. The average Bonchev–Trinajstić information content (AvgIpc) is 3.93. The van der Waals surface area contributed by atoms with E-state index in [1.165, 1.54) is 138 Å². The lowest BCUT2D eigenvalue weighted by molar-refractivity contribution is 0.444. The van der Waals surface area contributed by atoms with E-state index in [1.807, 2.05) is 28.9 Å². The van der Waals surface area contributed by atoms with Crippen molar-refractivity contribution in [3.8, 4) is 33.5 Å². The Morgan fingerprint density at radius 3 is 1.71 bits per heavy atom. The van der Waals surface area contributed by atoms with Gasteiger partial charge in [0.15, 0.2) is 0 Å². The molecule has 0 aliphatic heterocycles. The van der Waals surface area contributed by atoms with Crippen molar-refractivity contribution in [1.82, 2.24) is 9.97 Å². The van der Waals surface area contributed by atoms with Crippen LogP contribution in [0, 0.1) is 0 Å². The summed E-state index contributed by atoms with van der Waals surface area (Å²) in [5, 5.41) is 10.3. The molecule has 0 N–H and O–H groups in total. The van der Waals surface area contributed by atoms with E-state index in [2.05, 4.69) is 140 Å². The van der Waals surface area contributed by atoms with Crippen LogP contribution in [0.2, 0.25) is 0 Å². The third-order valence-electron chi connectivity index (χ3n) is 14.5. The first-order valence-electron chi connectivity index (χ1n) is 22.9. The monoisotopic (exact) mass is 834 g/mol. The van der Waals surface area contributed by atoms with E-state index in [0.29, 0.717) is 11.8 Å². The first kappa shape index (κ1) is 36.7. The fourth-order valence-corrected chi connectivity index (χ4v) is 13.9. The Labute approximate surface area is 369 Å². The van der Waals surface area contributed by atoms with Crippen molar-refractivity contribution >= 4 is 95.6 Å². The quantitative estimate of drug-likeness (QED) is 0.161. The molecule has 8 aromatic carbocycles. The zero-order valence-electron chi connectivity index (χ0n) is 34.8. The van der Waals surface area contributed by atoms with Crippen LogP contribution < -0.4 is 0 Å². The highest BCUT2D eigenvalue weighted by Crippen LogP contribution is 2.50. The second kappa shape index (κ2) is 14.9. The minimum absolute atomic E-state index is 0.634. The highest BCUT2D eigenvalue weighted by molar-refractivity contribution is 7.27. The van der Waals surface area contributed by atoms with Crippen molar-refractivity contribution in [2.24, 2.45) is 0 Å². The average molecular weight is 835 g/mol. The summed E-state index contributed by atoms with van der Waals surface area (Å²) in [5.74, 6) is 1.34. The van der Waals surface area contributed by atoms with Crippen LogP contribution in [0.15, 0.2) is 146 Å². The molecule has 2 aliphatic rings. The van der Waals surface area contributed by atoms with Gasteiger partial charge < -0.3 is 0 Å². The second-order valence-corrected chi connectivity index (χ2v) is 20.1. The van der Waals surface area contributed by atoms with E-state index in [1.54, 1.807) is 11.1 Å². The molecule has 0 saturated heterocycles. The van der Waals surface area contributed by atoms with Gasteiger partial charge in [-0.05, 0) is 101 Å². The number of nitrogens with zero attached hydrogens (tertiary/aromatic N) is 2. The number of benzene rings is 8. The number of thiophene rings is 2. The van der Waals surface area contributed by atoms with Crippen LogP contribution in [-0.4, -0.2) is 9.97 Å². The maximum Gasteiger partial charge on any atom is 0.0979 e. The normalized spacial score (nSPS) is 15.6. The standard InChI is InChI=1S/C58H46N2S2/c1-3-14-35(15-4-1)37-28-29-53-49(31-37)51-33-40(36-16-5-2-6-17-36)32-50(58(51)61-53)48-27-13-26-47-46-25-12-24-41(56(46)62-57(47)48)38-18-11-19-39(30-38)52-34-59-54-44-22-9-7-20-42(44)43-21-8-10-23-45(43)55(54)60-52/h7-13,18-36H,1-6,14-17H2. The molecular formula is C58H46N2S2. The summed E-state index contributed by atoms with van der Waals surface area (Å²) < 4.78 is 5.58. The number of aromatic nitrogens is 2. The topological polar surface area (TPSA) is 25.8 Å². The molecule has 3 heterocycles. The summed E-state index contributed by atoms with van der Waals surface area (Å²) in [5.41, 5.74) is 12.2. The fourth-order valence-electron chi connectivity index (χ4n) is 11.3.